The van der Waals surface area contributed by atoms with Crippen LogP contribution < -0.4 is 4.74 Å². The fourth-order valence-corrected chi connectivity index (χ4v) is 2.36. The molecular formula is C18H13FO4. The lowest BCUT2D eigenvalue weighted by atomic mass is 10.1. The van der Waals surface area contributed by atoms with Crippen molar-refractivity contribution in [3.05, 3.63) is 71.5 Å². The highest BCUT2D eigenvalue weighted by molar-refractivity contribution is 5.90. The number of aromatic carboxylic acids is 1. The molecule has 0 aliphatic heterocycles. The third-order valence-electron chi connectivity index (χ3n) is 3.56. The molecule has 0 atom stereocenters. The van der Waals surface area contributed by atoms with Crippen molar-refractivity contribution in [3.8, 4) is 11.5 Å². The van der Waals surface area contributed by atoms with E-state index >= 15 is 0 Å². The maximum absolute atomic E-state index is 14.1. The molecule has 23 heavy (non-hydrogen) atoms. The molecule has 0 spiro atoms. The number of carboxylic acids is 1. The first-order chi connectivity index (χ1) is 11.1. The van der Waals surface area contributed by atoms with Gasteiger partial charge < -0.3 is 14.9 Å². The van der Waals surface area contributed by atoms with Crippen molar-refractivity contribution < 1.29 is 24.1 Å². The summed E-state index contributed by atoms with van der Waals surface area (Å²) >= 11 is 0. The van der Waals surface area contributed by atoms with Crippen molar-refractivity contribution >= 4 is 16.7 Å². The van der Waals surface area contributed by atoms with Crippen LogP contribution in [0.15, 0.2) is 54.6 Å². The van der Waals surface area contributed by atoms with Crippen LogP contribution in [0.5, 0.6) is 11.5 Å². The Kier molecular flexibility index (Phi) is 3.85. The first kappa shape index (κ1) is 14.8. The SMILES string of the molecule is O=C(O)c1cccc(COc2ccc3ccccc3c2O)c1F. The zero-order valence-electron chi connectivity index (χ0n) is 12.0. The smallest absolute Gasteiger partial charge is 0.338 e. The van der Waals surface area contributed by atoms with Gasteiger partial charge in [0, 0.05) is 10.9 Å². The van der Waals surface area contributed by atoms with Gasteiger partial charge in [-0.05, 0) is 17.5 Å². The molecule has 2 N–H and O–H groups in total. The number of benzene rings is 3. The molecular weight excluding hydrogens is 299 g/mol. The zero-order valence-corrected chi connectivity index (χ0v) is 12.0. The third-order valence-corrected chi connectivity index (χ3v) is 3.56. The summed E-state index contributed by atoms with van der Waals surface area (Å²) < 4.78 is 19.5. The fourth-order valence-electron chi connectivity index (χ4n) is 2.36. The molecule has 0 radical (unpaired) electrons. The minimum atomic E-state index is -1.34. The Morgan fingerprint density at radius 3 is 2.61 bits per heavy atom. The van der Waals surface area contributed by atoms with Gasteiger partial charge in [-0.25, -0.2) is 9.18 Å². The van der Waals surface area contributed by atoms with Gasteiger partial charge in [0.05, 0.1) is 5.56 Å². The van der Waals surface area contributed by atoms with Gasteiger partial charge in [-0.2, -0.15) is 0 Å². The van der Waals surface area contributed by atoms with E-state index in [1.807, 2.05) is 12.1 Å². The minimum absolute atomic E-state index is 0.0297. The van der Waals surface area contributed by atoms with Crippen molar-refractivity contribution in [2.45, 2.75) is 6.61 Å². The largest absolute Gasteiger partial charge is 0.504 e. The quantitative estimate of drug-likeness (QED) is 0.765. The van der Waals surface area contributed by atoms with Gasteiger partial charge in [-0.1, -0.05) is 42.5 Å². The molecule has 3 rings (SSSR count). The minimum Gasteiger partial charge on any atom is -0.504 e. The Morgan fingerprint density at radius 2 is 1.83 bits per heavy atom. The summed E-state index contributed by atoms with van der Waals surface area (Å²) in [7, 11) is 0. The van der Waals surface area contributed by atoms with Crippen LogP contribution in [0, 0.1) is 5.82 Å². The highest BCUT2D eigenvalue weighted by Crippen LogP contribution is 2.34. The molecule has 5 heteroatoms. The molecule has 3 aromatic rings. The van der Waals surface area contributed by atoms with Crippen LogP contribution >= 0.6 is 0 Å². The average molecular weight is 312 g/mol. The molecule has 0 unspecified atom stereocenters. The second-order valence-corrected chi connectivity index (χ2v) is 5.01. The molecule has 4 nitrogen and oxygen atoms in total. The van der Waals surface area contributed by atoms with Crippen molar-refractivity contribution in [3.63, 3.8) is 0 Å². The van der Waals surface area contributed by atoms with Crippen LogP contribution in [0.1, 0.15) is 15.9 Å². The van der Waals surface area contributed by atoms with E-state index in [-0.39, 0.29) is 23.7 Å². The molecule has 0 heterocycles. The summed E-state index contributed by atoms with van der Waals surface area (Å²) in [6, 6.07) is 14.7. The Labute approximate surface area is 131 Å². The van der Waals surface area contributed by atoms with Gasteiger partial charge in [0.15, 0.2) is 11.5 Å². The Hall–Kier alpha value is -3.08. The zero-order chi connectivity index (χ0) is 16.4. The predicted molar refractivity (Wildman–Crippen MR) is 83.3 cm³/mol. The number of hydrogen-bond donors (Lipinski definition) is 2. The van der Waals surface area contributed by atoms with Gasteiger partial charge in [0.25, 0.3) is 0 Å². The number of carbonyl (C=O) groups is 1. The van der Waals surface area contributed by atoms with Crippen LogP contribution in [-0.4, -0.2) is 16.2 Å². The summed E-state index contributed by atoms with van der Waals surface area (Å²) in [6.45, 7) is -0.182. The number of carboxylic acid groups (broad SMARTS) is 1. The maximum atomic E-state index is 14.1. The van der Waals surface area contributed by atoms with E-state index in [9.17, 15) is 14.3 Å². The molecule has 0 aliphatic rings. The van der Waals surface area contributed by atoms with Crippen molar-refractivity contribution in [2.75, 3.05) is 0 Å². The number of ether oxygens (including phenoxy) is 1. The van der Waals surface area contributed by atoms with E-state index in [1.54, 1.807) is 24.3 Å². The van der Waals surface area contributed by atoms with E-state index in [0.29, 0.717) is 5.39 Å². The van der Waals surface area contributed by atoms with E-state index in [1.165, 1.54) is 18.2 Å². The second kappa shape index (κ2) is 5.96. The Morgan fingerprint density at radius 1 is 1.04 bits per heavy atom. The summed E-state index contributed by atoms with van der Waals surface area (Å²) in [4.78, 5) is 10.9. The lowest BCUT2D eigenvalue weighted by molar-refractivity contribution is 0.0691. The normalized spacial score (nSPS) is 10.7. The summed E-state index contributed by atoms with van der Waals surface area (Å²) in [6.07, 6.45) is 0. The summed E-state index contributed by atoms with van der Waals surface area (Å²) in [5, 5.41) is 20.6. The second-order valence-electron chi connectivity index (χ2n) is 5.01. The first-order valence-electron chi connectivity index (χ1n) is 6.92. The van der Waals surface area contributed by atoms with Crippen molar-refractivity contribution in [1.82, 2.24) is 0 Å². The Bertz CT molecular complexity index is 889. The highest BCUT2D eigenvalue weighted by Gasteiger charge is 2.15. The molecule has 0 saturated heterocycles. The van der Waals surface area contributed by atoms with Crippen LogP contribution in [0.4, 0.5) is 4.39 Å². The van der Waals surface area contributed by atoms with E-state index in [0.717, 1.165) is 5.39 Å². The van der Waals surface area contributed by atoms with Crippen LogP contribution in [-0.2, 0) is 6.61 Å². The van der Waals surface area contributed by atoms with Crippen molar-refractivity contribution in [2.24, 2.45) is 0 Å². The number of fused-ring (bicyclic) bond motifs is 1. The van der Waals surface area contributed by atoms with Crippen LogP contribution in [0.2, 0.25) is 0 Å². The number of phenolic OH excluding ortho intramolecular Hbond substituents is 1. The molecule has 0 aliphatic carbocycles. The summed E-state index contributed by atoms with van der Waals surface area (Å²) in [5.74, 6) is -1.99. The fraction of sp³-hybridized carbons (Fsp3) is 0.0556. The lowest BCUT2D eigenvalue weighted by Gasteiger charge is -2.11. The topological polar surface area (TPSA) is 66.8 Å². The van der Waals surface area contributed by atoms with Gasteiger partial charge >= 0.3 is 5.97 Å². The number of rotatable bonds is 4. The van der Waals surface area contributed by atoms with Gasteiger partial charge in [-0.15, -0.1) is 0 Å². The number of phenols is 1. The molecule has 0 aromatic heterocycles. The standard InChI is InChI=1S/C18H13FO4/c19-16-12(5-3-7-14(16)18(21)22)10-23-15-9-8-11-4-1-2-6-13(11)17(15)20/h1-9,20H,10H2,(H,21,22). The number of halogens is 1. The van der Waals surface area contributed by atoms with Gasteiger partial charge in [-0.3, -0.25) is 0 Å². The summed E-state index contributed by atoms with van der Waals surface area (Å²) in [5.41, 5.74) is -0.300. The van der Waals surface area contributed by atoms with E-state index in [4.69, 9.17) is 9.84 Å². The molecule has 0 saturated carbocycles. The maximum Gasteiger partial charge on any atom is 0.338 e. The first-order valence-corrected chi connectivity index (χ1v) is 6.92. The third kappa shape index (κ3) is 2.81. The number of aromatic hydroxyl groups is 1. The number of hydrogen-bond acceptors (Lipinski definition) is 3. The lowest BCUT2D eigenvalue weighted by Crippen LogP contribution is -2.06. The van der Waals surface area contributed by atoms with Crippen LogP contribution in [0.3, 0.4) is 0 Å². The molecule has 0 bridgehead atoms. The molecule has 0 fully saturated rings. The van der Waals surface area contributed by atoms with Gasteiger partial charge in [0.1, 0.15) is 12.4 Å². The monoisotopic (exact) mass is 312 g/mol. The highest BCUT2D eigenvalue weighted by atomic mass is 19.1. The van der Waals surface area contributed by atoms with Crippen LogP contribution in [0.25, 0.3) is 10.8 Å². The molecule has 0 amide bonds. The average Bonchev–Trinajstić information content (AvgIpc) is 2.55. The van der Waals surface area contributed by atoms with Crippen molar-refractivity contribution in [1.29, 1.82) is 0 Å². The Balaban J connectivity index is 1.88. The molecule has 116 valence electrons. The van der Waals surface area contributed by atoms with E-state index in [2.05, 4.69) is 0 Å². The van der Waals surface area contributed by atoms with Gasteiger partial charge in [0.2, 0.25) is 0 Å². The predicted octanol–water partition coefficient (Wildman–Crippen LogP) is 3.96. The molecule has 3 aromatic carbocycles. The van der Waals surface area contributed by atoms with E-state index < -0.39 is 17.3 Å².